The maximum atomic E-state index is 12.0. The Morgan fingerprint density at radius 3 is 2.56 bits per heavy atom. The summed E-state index contributed by atoms with van der Waals surface area (Å²) in [5.41, 5.74) is 6.27. The molecule has 4 nitrogen and oxygen atoms in total. The molecular weight excluding hydrogens is 251 g/mol. The van der Waals surface area contributed by atoms with Gasteiger partial charge in [0, 0.05) is 24.3 Å². The predicted molar refractivity (Wildman–Crippen MR) is 58.3 cm³/mol. The second-order valence-corrected chi connectivity index (χ2v) is 3.57. The Morgan fingerprint density at radius 1 is 1.39 bits per heavy atom. The zero-order valence-corrected chi connectivity index (χ0v) is 9.70. The van der Waals surface area contributed by atoms with Crippen molar-refractivity contribution in [2.24, 2.45) is 5.73 Å². The Kier molecular flexibility index (Phi) is 4.80. The van der Waals surface area contributed by atoms with E-state index in [1.807, 2.05) is 0 Å². The molecule has 3 N–H and O–H groups in total. The quantitative estimate of drug-likeness (QED) is 0.854. The van der Waals surface area contributed by atoms with Gasteiger partial charge in [-0.15, -0.1) is 13.2 Å². The highest BCUT2D eigenvalue weighted by Gasteiger charge is 2.31. The lowest BCUT2D eigenvalue weighted by Gasteiger charge is -2.16. The Morgan fingerprint density at radius 2 is 2.06 bits per heavy atom. The molecule has 0 aliphatic rings. The van der Waals surface area contributed by atoms with E-state index >= 15 is 0 Å². The normalized spacial score (nSPS) is 13.2. The van der Waals surface area contributed by atoms with Crippen LogP contribution in [0.5, 0.6) is 11.5 Å². The van der Waals surface area contributed by atoms with E-state index in [0.29, 0.717) is 5.56 Å². The third-order valence-electron chi connectivity index (χ3n) is 2.28. The molecule has 18 heavy (non-hydrogen) atoms. The molecule has 0 spiro atoms. The smallest absolute Gasteiger partial charge is 0.496 e. The van der Waals surface area contributed by atoms with Gasteiger partial charge in [0.2, 0.25) is 0 Å². The third kappa shape index (κ3) is 4.08. The summed E-state index contributed by atoms with van der Waals surface area (Å²) >= 11 is 0. The number of nitrogens with two attached hydrogens (primary N) is 1. The molecule has 0 saturated heterocycles. The van der Waals surface area contributed by atoms with Gasteiger partial charge >= 0.3 is 6.36 Å². The summed E-state index contributed by atoms with van der Waals surface area (Å²) in [4.78, 5) is 0. The fourth-order valence-electron chi connectivity index (χ4n) is 1.49. The zero-order chi connectivity index (χ0) is 13.8. The van der Waals surface area contributed by atoms with E-state index in [-0.39, 0.29) is 24.5 Å². The number of hydrogen-bond acceptors (Lipinski definition) is 4. The lowest BCUT2D eigenvalue weighted by atomic mass is 10.0. The van der Waals surface area contributed by atoms with Gasteiger partial charge in [0.1, 0.15) is 11.5 Å². The number of hydrogen-bond donors (Lipinski definition) is 2. The van der Waals surface area contributed by atoms with Crippen molar-refractivity contribution < 1.29 is 27.8 Å². The maximum absolute atomic E-state index is 12.0. The molecule has 0 saturated carbocycles. The summed E-state index contributed by atoms with van der Waals surface area (Å²) in [7, 11) is 1.32. The van der Waals surface area contributed by atoms with E-state index in [2.05, 4.69) is 4.74 Å². The fourth-order valence-corrected chi connectivity index (χ4v) is 1.49. The van der Waals surface area contributed by atoms with Gasteiger partial charge in [0.25, 0.3) is 0 Å². The molecule has 1 aromatic rings. The fraction of sp³-hybridized carbons (Fsp3) is 0.455. The number of halogens is 3. The molecule has 0 bridgehead atoms. The van der Waals surface area contributed by atoms with Gasteiger partial charge in [0.15, 0.2) is 0 Å². The van der Waals surface area contributed by atoms with Gasteiger partial charge < -0.3 is 20.3 Å². The zero-order valence-electron chi connectivity index (χ0n) is 9.70. The number of aliphatic hydroxyl groups excluding tert-OH is 1. The first-order chi connectivity index (χ1) is 8.37. The Balaban J connectivity index is 2.96. The number of rotatable bonds is 5. The Labute approximate surface area is 102 Å². The molecule has 0 amide bonds. The van der Waals surface area contributed by atoms with Gasteiger partial charge in [0.05, 0.1) is 7.11 Å². The highest BCUT2D eigenvalue weighted by atomic mass is 19.4. The molecular formula is C11H14F3NO3. The minimum atomic E-state index is -4.75. The predicted octanol–water partition coefficient (Wildman–Crippen LogP) is 1.98. The summed E-state index contributed by atoms with van der Waals surface area (Å²) in [5.74, 6) is -0.183. The highest BCUT2D eigenvalue weighted by Crippen LogP contribution is 2.32. The minimum Gasteiger partial charge on any atom is -0.496 e. The van der Waals surface area contributed by atoms with Crippen molar-refractivity contribution in [2.75, 3.05) is 13.7 Å². The molecule has 1 aromatic carbocycles. The van der Waals surface area contributed by atoms with Crippen molar-refractivity contribution in [3.8, 4) is 11.5 Å². The van der Waals surface area contributed by atoms with Crippen molar-refractivity contribution in [3.05, 3.63) is 23.8 Å². The van der Waals surface area contributed by atoms with Crippen LogP contribution in [0.4, 0.5) is 13.2 Å². The largest absolute Gasteiger partial charge is 0.573 e. The van der Waals surface area contributed by atoms with Crippen LogP contribution in [0.1, 0.15) is 18.0 Å². The van der Waals surface area contributed by atoms with Crippen LogP contribution in [0.3, 0.4) is 0 Å². The van der Waals surface area contributed by atoms with Crippen molar-refractivity contribution in [3.63, 3.8) is 0 Å². The van der Waals surface area contributed by atoms with Crippen LogP contribution in [0.15, 0.2) is 18.2 Å². The van der Waals surface area contributed by atoms with Crippen molar-refractivity contribution in [1.82, 2.24) is 0 Å². The summed E-state index contributed by atoms with van der Waals surface area (Å²) in [6.45, 7) is -0.120. The number of ether oxygens (including phenoxy) is 2. The standard InChI is InChI=1S/C11H14F3NO3/c1-17-10-6-7(18-11(12,13)14)2-3-8(10)9(15)4-5-16/h2-3,6,9,16H,4-5,15H2,1H3/t9-/m0/s1. The van der Waals surface area contributed by atoms with E-state index in [9.17, 15) is 13.2 Å². The van der Waals surface area contributed by atoms with Crippen LogP contribution >= 0.6 is 0 Å². The van der Waals surface area contributed by atoms with E-state index in [1.165, 1.54) is 13.2 Å². The second kappa shape index (κ2) is 5.92. The van der Waals surface area contributed by atoms with Crippen LogP contribution in [0.25, 0.3) is 0 Å². The van der Waals surface area contributed by atoms with Gasteiger partial charge in [-0.3, -0.25) is 0 Å². The Hall–Kier alpha value is -1.47. The van der Waals surface area contributed by atoms with Crippen LogP contribution in [0.2, 0.25) is 0 Å². The molecule has 0 aromatic heterocycles. The second-order valence-electron chi connectivity index (χ2n) is 3.57. The summed E-state index contributed by atoms with van der Waals surface area (Å²) < 4.78 is 44.8. The lowest BCUT2D eigenvalue weighted by Crippen LogP contribution is -2.18. The monoisotopic (exact) mass is 265 g/mol. The molecule has 1 rings (SSSR count). The van der Waals surface area contributed by atoms with Crippen LogP contribution < -0.4 is 15.2 Å². The average molecular weight is 265 g/mol. The summed E-state index contributed by atoms with van der Waals surface area (Å²) in [6.07, 6.45) is -4.46. The lowest BCUT2D eigenvalue weighted by molar-refractivity contribution is -0.274. The topological polar surface area (TPSA) is 64.7 Å². The molecule has 0 aliphatic carbocycles. The molecule has 0 heterocycles. The van der Waals surface area contributed by atoms with Gasteiger partial charge in [-0.1, -0.05) is 6.07 Å². The van der Waals surface area contributed by atoms with Crippen LogP contribution in [-0.2, 0) is 0 Å². The maximum Gasteiger partial charge on any atom is 0.573 e. The van der Waals surface area contributed by atoms with Gasteiger partial charge in [-0.05, 0) is 12.5 Å². The summed E-state index contributed by atoms with van der Waals surface area (Å²) in [5, 5.41) is 8.77. The average Bonchev–Trinajstić information content (AvgIpc) is 2.27. The van der Waals surface area contributed by atoms with E-state index < -0.39 is 12.4 Å². The first-order valence-corrected chi connectivity index (χ1v) is 5.17. The number of methoxy groups -OCH3 is 1. The third-order valence-corrected chi connectivity index (χ3v) is 2.28. The van der Waals surface area contributed by atoms with E-state index in [4.69, 9.17) is 15.6 Å². The van der Waals surface area contributed by atoms with E-state index in [0.717, 1.165) is 12.1 Å². The van der Waals surface area contributed by atoms with Crippen molar-refractivity contribution in [1.29, 1.82) is 0 Å². The first kappa shape index (κ1) is 14.6. The van der Waals surface area contributed by atoms with Crippen molar-refractivity contribution in [2.45, 2.75) is 18.8 Å². The SMILES string of the molecule is COc1cc(OC(F)(F)F)ccc1[C@@H](N)CCO. The molecule has 0 aliphatic heterocycles. The van der Waals surface area contributed by atoms with Gasteiger partial charge in [-0.2, -0.15) is 0 Å². The van der Waals surface area contributed by atoms with Crippen LogP contribution in [0, 0.1) is 0 Å². The molecule has 0 radical (unpaired) electrons. The Bertz CT molecular complexity index is 396. The molecule has 1 atom stereocenters. The van der Waals surface area contributed by atoms with E-state index in [1.54, 1.807) is 0 Å². The van der Waals surface area contributed by atoms with Crippen molar-refractivity contribution >= 4 is 0 Å². The minimum absolute atomic E-state index is 0.120. The molecule has 7 heteroatoms. The highest BCUT2D eigenvalue weighted by molar-refractivity contribution is 5.42. The molecule has 102 valence electrons. The van der Waals surface area contributed by atoms with Crippen LogP contribution in [-0.4, -0.2) is 25.2 Å². The summed E-state index contributed by atoms with van der Waals surface area (Å²) in [6, 6.07) is 3.15. The molecule has 0 unspecified atom stereocenters. The first-order valence-electron chi connectivity index (χ1n) is 5.17. The number of benzene rings is 1. The number of aliphatic hydroxyl groups is 1. The molecule has 0 fully saturated rings. The van der Waals surface area contributed by atoms with Gasteiger partial charge in [-0.25, -0.2) is 0 Å². The number of alkyl halides is 3.